The molecule has 6 nitrogen and oxygen atoms in total. The maximum absolute atomic E-state index is 11.6. The van der Waals surface area contributed by atoms with Crippen LogP contribution in [-0.2, 0) is 14.2 Å². The standard InChI is InChI=1S/C12H24N2O4/c1-12(2,3)18-11(15)14-9-7-13-8-10(9)17-6-5-16-4/h9-10,13H,5-8H2,1-4H3,(H,14,15). The molecule has 18 heavy (non-hydrogen) atoms. The Balaban J connectivity index is 2.33. The number of methoxy groups -OCH3 is 1. The van der Waals surface area contributed by atoms with E-state index in [4.69, 9.17) is 14.2 Å². The summed E-state index contributed by atoms with van der Waals surface area (Å²) in [5.41, 5.74) is -0.484. The van der Waals surface area contributed by atoms with Gasteiger partial charge >= 0.3 is 6.09 Å². The van der Waals surface area contributed by atoms with Gasteiger partial charge in [0.05, 0.1) is 25.4 Å². The van der Waals surface area contributed by atoms with Crippen LogP contribution < -0.4 is 10.6 Å². The summed E-state index contributed by atoms with van der Waals surface area (Å²) in [6.07, 6.45) is -0.441. The molecule has 0 saturated carbocycles. The van der Waals surface area contributed by atoms with Crippen molar-refractivity contribution in [2.24, 2.45) is 0 Å². The molecule has 0 aromatic heterocycles. The minimum Gasteiger partial charge on any atom is -0.444 e. The second-order valence-corrected chi connectivity index (χ2v) is 5.31. The van der Waals surface area contributed by atoms with Gasteiger partial charge in [-0.25, -0.2) is 4.79 Å². The van der Waals surface area contributed by atoms with Crippen LogP contribution in [-0.4, -0.2) is 57.3 Å². The third kappa shape index (κ3) is 5.66. The van der Waals surface area contributed by atoms with Crippen LogP contribution in [0.15, 0.2) is 0 Å². The first kappa shape index (κ1) is 15.2. The van der Waals surface area contributed by atoms with Crippen molar-refractivity contribution in [3.63, 3.8) is 0 Å². The molecule has 1 aliphatic rings. The number of rotatable bonds is 5. The van der Waals surface area contributed by atoms with Crippen LogP contribution in [0.4, 0.5) is 4.79 Å². The summed E-state index contributed by atoms with van der Waals surface area (Å²) in [7, 11) is 1.63. The lowest BCUT2D eigenvalue weighted by molar-refractivity contribution is 0.00908. The lowest BCUT2D eigenvalue weighted by Gasteiger charge is -2.24. The highest BCUT2D eigenvalue weighted by atomic mass is 16.6. The molecular formula is C12H24N2O4. The van der Waals surface area contributed by atoms with Gasteiger partial charge in [0.15, 0.2) is 0 Å². The zero-order chi connectivity index (χ0) is 13.6. The average molecular weight is 260 g/mol. The Morgan fingerprint density at radius 2 is 2.06 bits per heavy atom. The number of nitrogens with one attached hydrogen (secondary N) is 2. The summed E-state index contributed by atoms with van der Waals surface area (Å²) in [5.74, 6) is 0. The number of hydrogen-bond donors (Lipinski definition) is 2. The fourth-order valence-electron chi connectivity index (χ4n) is 1.72. The van der Waals surface area contributed by atoms with Gasteiger partial charge in [0, 0.05) is 20.2 Å². The van der Waals surface area contributed by atoms with E-state index < -0.39 is 11.7 Å². The van der Waals surface area contributed by atoms with Crippen molar-refractivity contribution in [1.29, 1.82) is 0 Å². The van der Waals surface area contributed by atoms with Crippen LogP contribution in [0, 0.1) is 0 Å². The molecular weight excluding hydrogens is 236 g/mol. The van der Waals surface area contributed by atoms with Crippen LogP contribution in [0.25, 0.3) is 0 Å². The molecule has 0 spiro atoms. The molecule has 1 fully saturated rings. The minimum absolute atomic E-state index is 0.0346. The summed E-state index contributed by atoms with van der Waals surface area (Å²) < 4.78 is 15.8. The van der Waals surface area contributed by atoms with Crippen molar-refractivity contribution >= 4 is 6.09 Å². The number of alkyl carbamates (subject to hydrolysis) is 1. The first-order valence-electron chi connectivity index (χ1n) is 6.23. The fraction of sp³-hybridized carbons (Fsp3) is 0.917. The van der Waals surface area contributed by atoms with E-state index in [0.717, 1.165) is 6.54 Å². The molecule has 0 bridgehead atoms. The first-order valence-corrected chi connectivity index (χ1v) is 6.23. The molecule has 0 aliphatic carbocycles. The van der Waals surface area contributed by atoms with Crippen molar-refractivity contribution in [2.75, 3.05) is 33.4 Å². The molecule has 2 atom stereocenters. The second kappa shape index (κ2) is 6.92. The summed E-state index contributed by atoms with van der Waals surface area (Å²) in [6, 6.07) is -0.0586. The van der Waals surface area contributed by atoms with Gasteiger partial charge in [-0.3, -0.25) is 0 Å². The molecule has 0 aromatic carbocycles. The van der Waals surface area contributed by atoms with Gasteiger partial charge in [0.1, 0.15) is 5.60 Å². The summed E-state index contributed by atoms with van der Waals surface area (Å²) in [6.45, 7) is 8.01. The zero-order valence-corrected chi connectivity index (χ0v) is 11.6. The van der Waals surface area contributed by atoms with E-state index in [1.807, 2.05) is 20.8 Å². The molecule has 0 aromatic rings. The zero-order valence-electron chi connectivity index (χ0n) is 11.6. The Kier molecular flexibility index (Phi) is 5.84. The monoisotopic (exact) mass is 260 g/mol. The lowest BCUT2D eigenvalue weighted by atomic mass is 10.2. The first-order chi connectivity index (χ1) is 8.42. The van der Waals surface area contributed by atoms with Crippen molar-refractivity contribution in [3.8, 4) is 0 Å². The molecule has 6 heteroatoms. The SMILES string of the molecule is COCCOC1CNCC1NC(=O)OC(C)(C)C. The van der Waals surface area contributed by atoms with Gasteiger partial charge in [-0.05, 0) is 20.8 Å². The van der Waals surface area contributed by atoms with Crippen LogP contribution in [0.5, 0.6) is 0 Å². The highest BCUT2D eigenvalue weighted by Gasteiger charge is 2.30. The van der Waals surface area contributed by atoms with Gasteiger partial charge in [-0.2, -0.15) is 0 Å². The van der Waals surface area contributed by atoms with Crippen LogP contribution >= 0.6 is 0 Å². The molecule has 1 heterocycles. The van der Waals surface area contributed by atoms with E-state index in [0.29, 0.717) is 19.8 Å². The van der Waals surface area contributed by atoms with Crippen molar-refractivity contribution in [3.05, 3.63) is 0 Å². The summed E-state index contributed by atoms with van der Waals surface area (Å²) >= 11 is 0. The van der Waals surface area contributed by atoms with Gasteiger partial charge in [0.2, 0.25) is 0 Å². The van der Waals surface area contributed by atoms with Gasteiger partial charge in [0.25, 0.3) is 0 Å². The molecule has 2 N–H and O–H groups in total. The van der Waals surface area contributed by atoms with E-state index in [1.54, 1.807) is 7.11 Å². The Morgan fingerprint density at radius 1 is 1.33 bits per heavy atom. The normalized spacial score (nSPS) is 24.0. The predicted molar refractivity (Wildman–Crippen MR) is 67.6 cm³/mol. The van der Waals surface area contributed by atoms with Gasteiger partial charge < -0.3 is 24.8 Å². The predicted octanol–water partition coefficient (Wildman–Crippen LogP) is 0.515. The number of ether oxygens (including phenoxy) is 3. The number of amides is 1. The fourth-order valence-corrected chi connectivity index (χ4v) is 1.72. The molecule has 1 aliphatic heterocycles. The maximum atomic E-state index is 11.6. The Bertz CT molecular complexity index is 265. The second-order valence-electron chi connectivity index (χ2n) is 5.31. The van der Waals surface area contributed by atoms with E-state index >= 15 is 0 Å². The van der Waals surface area contributed by atoms with Gasteiger partial charge in [-0.1, -0.05) is 0 Å². The highest BCUT2D eigenvalue weighted by Crippen LogP contribution is 2.09. The number of hydrogen-bond acceptors (Lipinski definition) is 5. The Morgan fingerprint density at radius 3 is 2.67 bits per heavy atom. The largest absolute Gasteiger partial charge is 0.444 e. The maximum Gasteiger partial charge on any atom is 0.408 e. The number of carbonyl (C=O) groups is 1. The number of carbonyl (C=O) groups excluding carboxylic acids is 1. The van der Waals surface area contributed by atoms with Crippen molar-refractivity contribution in [1.82, 2.24) is 10.6 Å². The Labute approximate surface area is 108 Å². The molecule has 1 amide bonds. The topological polar surface area (TPSA) is 68.8 Å². The van der Waals surface area contributed by atoms with Crippen LogP contribution in [0.3, 0.4) is 0 Å². The summed E-state index contributed by atoms with van der Waals surface area (Å²) in [5, 5.41) is 6.00. The van der Waals surface area contributed by atoms with Gasteiger partial charge in [-0.15, -0.1) is 0 Å². The molecule has 2 unspecified atom stereocenters. The Hall–Kier alpha value is -0.850. The smallest absolute Gasteiger partial charge is 0.408 e. The minimum atomic E-state index is -0.484. The van der Waals surface area contributed by atoms with E-state index in [2.05, 4.69) is 10.6 Å². The van der Waals surface area contributed by atoms with Crippen molar-refractivity contribution < 1.29 is 19.0 Å². The third-order valence-electron chi connectivity index (χ3n) is 2.48. The average Bonchev–Trinajstić information content (AvgIpc) is 2.63. The van der Waals surface area contributed by atoms with E-state index in [1.165, 1.54) is 0 Å². The molecule has 1 rings (SSSR count). The van der Waals surface area contributed by atoms with E-state index in [9.17, 15) is 4.79 Å². The highest BCUT2D eigenvalue weighted by molar-refractivity contribution is 5.68. The van der Waals surface area contributed by atoms with Crippen LogP contribution in [0.2, 0.25) is 0 Å². The molecule has 0 radical (unpaired) electrons. The summed E-state index contributed by atoms with van der Waals surface area (Å²) in [4.78, 5) is 11.6. The molecule has 106 valence electrons. The molecule has 1 saturated heterocycles. The van der Waals surface area contributed by atoms with Crippen molar-refractivity contribution in [2.45, 2.75) is 38.5 Å². The van der Waals surface area contributed by atoms with Crippen LogP contribution in [0.1, 0.15) is 20.8 Å². The van der Waals surface area contributed by atoms with E-state index in [-0.39, 0.29) is 12.1 Å². The third-order valence-corrected chi connectivity index (χ3v) is 2.48. The lowest BCUT2D eigenvalue weighted by Crippen LogP contribution is -2.46. The quantitative estimate of drug-likeness (QED) is 0.705.